The SMILES string of the molecule is CN(C)CCC(C)(CCc1ccccc1)c1ccc(F)cc1. The molecule has 0 saturated carbocycles. The van der Waals surface area contributed by atoms with Crippen LogP contribution >= 0.6 is 0 Å². The third kappa shape index (κ3) is 4.67. The van der Waals surface area contributed by atoms with Crippen molar-refractivity contribution in [2.45, 2.75) is 31.6 Å². The largest absolute Gasteiger partial charge is 0.309 e. The number of benzene rings is 2. The van der Waals surface area contributed by atoms with Crippen molar-refractivity contribution in [3.05, 3.63) is 71.5 Å². The zero-order valence-electron chi connectivity index (χ0n) is 13.8. The number of halogens is 1. The van der Waals surface area contributed by atoms with Gasteiger partial charge in [-0.15, -0.1) is 0 Å². The van der Waals surface area contributed by atoms with Crippen LogP contribution in [-0.2, 0) is 11.8 Å². The molecule has 118 valence electrons. The van der Waals surface area contributed by atoms with E-state index in [9.17, 15) is 4.39 Å². The van der Waals surface area contributed by atoms with Crippen molar-refractivity contribution >= 4 is 0 Å². The van der Waals surface area contributed by atoms with E-state index in [0.29, 0.717) is 0 Å². The van der Waals surface area contributed by atoms with E-state index in [0.717, 1.165) is 25.8 Å². The van der Waals surface area contributed by atoms with Crippen LogP contribution in [0.4, 0.5) is 4.39 Å². The summed E-state index contributed by atoms with van der Waals surface area (Å²) in [5.74, 6) is -0.165. The van der Waals surface area contributed by atoms with Gasteiger partial charge in [0.15, 0.2) is 0 Å². The van der Waals surface area contributed by atoms with Gasteiger partial charge in [-0.3, -0.25) is 0 Å². The monoisotopic (exact) mass is 299 g/mol. The topological polar surface area (TPSA) is 3.24 Å². The molecule has 0 aliphatic carbocycles. The van der Waals surface area contributed by atoms with Crippen molar-refractivity contribution in [3.8, 4) is 0 Å². The van der Waals surface area contributed by atoms with Gasteiger partial charge in [-0.05, 0) is 68.6 Å². The summed E-state index contributed by atoms with van der Waals surface area (Å²) in [5.41, 5.74) is 2.65. The van der Waals surface area contributed by atoms with E-state index in [1.165, 1.54) is 11.1 Å². The van der Waals surface area contributed by atoms with Crippen LogP contribution in [0.3, 0.4) is 0 Å². The lowest BCUT2D eigenvalue weighted by atomic mass is 9.75. The summed E-state index contributed by atoms with van der Waals surface area (Å²) in [5, 5.41) is 0. The van der Waals surface area contributed by atoms with Crippen molar-refractivity contribution in [2.75, 3.05) is 20.6 Å². The van der Waals surface area contributed by atoms with Gasteiger partial charge in [0, 0.05) is 0 Å². The van der Waals surface area contributed by atoms with Crippen molar-refractivity contribution in [1.82, 2.24) is 4.90 Å². The van der Waals surface area contributed by atoms with Crippen molar-refractivity contribution < 1.29 is 4.39 Å². The highest BCUT2D eigenvalue weighted by Crippen LogP contribution is 2.33. The van der Waals surface area contributed by atoms with Gasteiger partial charge in [0.05, 0.1) is 0 Å². The fourth-order valence-corrected chi connectivity index (χ4v) is 2.80. The molecule has 0 aromatic heterocycles. The molecule has 22 heavy (non-hydrogen) atoms. The molecule has 0 saturated heterocycles. The van der Waals surface area contributed by atoms with Gasteiger partial charge in [-0.2, -0.15) is 0 Å². The van der Waals surface area contributed by atoms with Gasteiger partial charge in [-0.1, -0.05) is 49.4 Å². The molecular weight excluding hydrogens is 273 g/mol. The molecule has 2 heteroatoms. The Morgan fingerprint density at radius 2 is 1.55 bits per heavy atom. The second-order valence-corrected chi connectivity index (χ2v) is 6.61. The van der Waals surface area contributed by atoms with Crippen LogP contribution in [0.2, 0.25) is 0 Å². The van der Waals surface area contributed by atoms with Crippen LogP contribution in [0.1, 0.15) is 30.9 Å². The van der Waals surface area contributed by atoms with E-state index >= 15 is 0 Å². The van der Waals surface area contributed by atoms with Crippen LogP contribution < -0.4 is 0 Å². The maximum Gasteiger partial charge on any atom is 0.123 e. The molecule has 1 nitrogen and oxygen atoms in total. The number of nitrogens with zero attached hydrogens (tertiary/aromatic N) is 1. The molecule has 2 aromatic carbocycles. The minimum Gasteiger partial charge on any atom is -0.309 e. The Kier molecular flexibility index (Phi) is 5.73. The maximum atomic E-state index is 13.2. The summed E-state index contributed by atoms with van der Waals surface area (Å²) in [6.45, 7) is 3.33. The van der Waals surface area contributed by atoms with Crippen LogP contribution in [0.5, 0.6) is 0 Å². The average molecular weight is 299 g/mol. The highest BCUT2D eigenvalue weighted by Gasteiger charge is 2.26. The second kappa shape index (κ2) is 7.55. The van der Waals surface area contributed by atoms with Gasteiger partial charge in [0.2, 0.25) is 0 Å². The van der Waals surface area contributed by atoms with E-state index in [4.69, 9.17) is 0 Å². The van der Waals surface area contributed by atoms with Gasteiger partial charge in [0.1, 0.15) is 5.82 Å². The lowest BCUT2D eigenvalue weighted by molar-refractivity contribution is 0.315. The predicted molar refractivity (Wildman–Crippen MR) is 91.7 cm³/mol. The first-order chi connectivity index (χ1) is 10.5. The molecule has 1 unspecified atom stereocenters. The van der Waals surface area contributed by atoms with Crippen molar-refractivity contribution in [1.29, 1.82) is 0 Å². The minimum absolute atomic E-state index is 0.0633. The number of rotatable bonds is 7. The zero-order valence-corrected chi connectivity index (χ0v) is 13.8. The Morgan fingerprint density at radius 1 is 0.909 bits per heavy atom. The summed E-state index contributed by atoms with van der Waals surface area (Å²) in [6, 6.07) is 17.6. The molecule has 0 heterocycles. The van der Waals surface area contributed by atoms with Crippen LogP contribution in [0, 0.1) is 5.82 Å². The fourth-order valence-electron chi connectivity index (χ4n) is 2.80. The summed E-state index contributed by atoms with van der Waals surface area (Å²) in [6.07, 6.45) is 3.18. The lowest BCUT2D eigenvalue weighted by Gasteiger charge is -2.32. The molecule has 0 radical (unpaired) electrons. The molecule has 0 aliphatic rings. The van der Waals surface area contributed by atoms with Gasteiger partial charge in [0.25, 0.3) is 0 Å². The number of hydrogen-bond acceptors (Lipinski definition) is 1. The molecule has 2 rings (SSSR count). The second-order valence-electron chi connectivity index (χ2n) is 6.61. The summed E-state index contributed by atoms with van der Waals surface area (Å²) >= 11 is 0. The molecule has 2 aromatic rings. The molecule has 1 atom stereocenters. The van der Waals surface area contributed by atoms with Crippen LogP contribution in [-0.4, -0.2) is 25.5 Å². The Labute approximate surface area is 133 Å². The summed E-state index contributed by atoms with van der Waals surface area (Å²) in [4.78, 5) is 2.21. The molecule has 0 N–H and O–H groups in total. The normalized spacial score (nSPS) is 14.0. The van der Waals surface area contributed by atoms with E-state index in [2.05, 4.69) is 56.3 Å². The summed E-state index contributed by atoms with van der Waals surface area (Å²) < 4.78 is 13.2. The molecule has 0 amide bonds. The molecule has 0 bridgehead atoms. The Hall–Kier alpha value is -1.67. The van der Waals surface area contributed by atoms with E-state index < -0.39 is 0 Å². The van der Waals surface area contributed by atoms with Crippen LogP contribution in [0.25, 0.3) is 0 Å². The highest BCUT2D eigenvalue weighted by atomic mass is 19.1. The average Bonchev–Trinajstić information content (AvgIpc) is 2.53. The number of hydrogen-bond donors (Lipinski definition) is 0. The lowest BCUT2D eigenvalue weighted by Crippen LogP contribution is -2.28. The maximum absolute atomic E-state index is 13.2. The highest BCUT2D eigenvalue weighted by molar-refractivity contribution is 5.26. The Bertz CT molecular complexity index is 562. The third-order valence-electron chi connectivity index (χ3n) is 4.46. The van der Waals surface area contributed by atoms with Crippen molar-refractivity contribution in [3.63, 3.8) is 0 Å². The standard InChI is InChI=1S/C20H26FN/c1-20(15-16-22(2)3,18-9-11-19(21)12-10-18)14-13-17-7-5-4-6-8-17/h4-12H,13-16H2,1-3H3. The molecule has 0 aliphatic heterocycles. The third-order valence-corrected chi connectivity index (χ3v) is 4.46. The smallest absolute Gasteiger partial charge is 0.123 e. The molecule has 0 fully saturated rings. The van der Waals surface area contributed by atoms with Gasteiger partial charge >= 0.3 is 0 Å². The Morgan fingerprint density at radius 3 is 2.14 bits per heavy atom. The first-order valence-electron chi connectivity index (χ1n) is 7.94. The predicted octanol–water partition coefficient (Wildman–Crippen LogP) is 4.67. The van der Waals surface area contributed by atoms with E-state index in [1.807, 2.05) is 12.1 Å². The number of aryl methyl sites for hydroxylation is 1. The molecular formula is C20H26FN. The quantitative estimate of drug-likeness (QED) is 0.718. The van der Waals surface area contributed by atoms with Gasteiger partial charge in [-0.25, -0.2) is 4.39 Å². The first kappa shape index (κ1) is 16.7. The summed E-state index contributed by atoms with van der Waals surface area (Å²) in [7, 11) is 4.20. The minimum atomic E-state index is -0.165. The first-order valence-corrected chi connectivity index (χ1v) is 7.94. The Balaban J connectivity index is 2.15. The van der Waals surface area contributed by atoms with Crippen LogP contribution in [0.15, 0.2) is 54.6 Å². The molecule has 0 spiro atoms. The fraction of sp³-hybridized carbons (Fsp3) is 0.400. The van der Waals surface area contributed by atoms with E-state index in [1.54, 1.807) is 12.1 Å². The van der Waals surface area contributed by atoms with Crippen molar-refractivity contribution in [2.24, 2.45) is 0 Å². The van der Waals surface area contributed by atoms with E-state index in [-0.39, 0.29) is 11.2 Å². The van der Waals surface area contributed by atoms with Gasteiger partial charge < -0.3 is 4.90 Å². The zero-order chi connectivity index (χ0) is 16.0.